The Morgan fingerprint density at radius 3 is 2.85 bits per heavy atom. The average molecular weight is 352 g/mol. The number of hydrogen-bond acceptors (Lipinski definition) is 3. The van der Waals surface area contributed by atoms with Gasteiger partial charge in [-0.3, -0.25) is 14.4 Å². The van der Waals surface area contributed by atoms with Gasteiger partial charge in [-0.25, -0.2) is 0 Å². The molecule has 0 radical (unpaired) electrons. The van der Waals surface area contributed by atoms with Gasteiger partial charge in [0.25, 0.3) is 0 Å². The number of rotatable bonds is 5. The van der Waals surface area contributed by atoms with E-state index in [1.165, 1.54) is 17.5 Å². The van der Waals surface area contributed by atoms with Gasteiger partial charge in [-0.05, 0) is 43.4 Å². The van der Waals surface area contributed by atoms with Crippen molar-refractivity contribution in [1.82, 2.24) is 19.6 Å². The number of amides is 1. The zero-order chi connectivity index (χ0) is 18.1. The van der Waals surface area contributed by atoms with Gasteiger partial charge in [0.15, 0.2) is 0 Å². The molecule has 26 heavy (non-hydrogen) atoms. The standard InChI is InChI=1S/C21H28N4O/c1-23(12-10-16-14-22-24(2)15-16)21(26)18-13-20(17-7-4-3-5-8-17)25-11-6-9-19(18)25/h3-5,7-8,14-15,18-20H,6,9-13H2,1-2H3/t18-,19+,20-/m0/s1. The number of carbonyl (C=O) groups excluding carboxylic acids is 1. The summed E-state index contributed by atoms with van der Waals surface area (Å²) in [6, 6.07) is 11.5. The second-order valence-electron chi connectivity index (χ2n) is 7.75. The van der Waals surface area contributed by atoms with E-state index in [4.69, 9.17) is 0 Å². The highest BCUT2D eigenvalue weighted by atomic mass is 16.2. The van der Waals surface area contributed by atoms with Crippen LogP contribution in [-0.2, 0) is 18.3 Å². The van der Waals surface area contributed by atoms with Crippen LogP contribution in [0.4, 0.5) is 0 Å². The number of benzene rings is 1. The van der Waals surface area contributed by atoms with Crippen molar-refractivity contribution >= 4 is 5.91 Å². The Hall–Kier alpha value is -2.14. The number of aryl methyl sites for hydroxylation is 1. The van der Waals surface area contributed by atoms with Crippen molar-refractivity contribution in [3.63, 3.8) is 0 Å². The van der Waals surface area contributed by atoms with E-state index in [-0.39, 0.29) is 5.92 Å². The molecule has 2 aromatic rings. The number of nitrogens with zero attached hydrogens (tertiary/aromatic N) is 4. The number of carbonyl (C=O) groups is 1. The third kappa shape index (κ3) is 3.28. The van der Waals surface area contributed by atoms with Gasteiger partial charge in [-0.15, -0.1) is 0 Å². The fraction of sp³-hybridized carbons (Fsp3) is 0.524. The predicted octanol–water partition coefficient (Wildman–Crippen LogP) is 2.65. The van der Waals surface area contributed by atoms with E-state index in [9.17, 15) is 4.79 Å². The molecule has 2 aliphatic heterocycles. The Kier molecular flexibility index (Phi) is 4.81. The second kappa shape index (κ2) is 7.23. The zero-order valence-corrected chi connectivity index (χ0v) is 15.7. The normalized spacial score (nSPS) is 25.4. The van der Waals surface area contributed by atoms with E-state index < -0.39 is 0 Å². The molecule has 1 amide bonds. The minimum absolute atomic E-state index is 0.126. The summed E-state index contributed by atoms with van der Waals surface area (Å²) in [4.78, 5) is 17.7. The number of likely N-dealkylation sites (N-methyl/N-ethyl adjacent to an activating group) is 1. The van der Waals surface area contributed by atoms with Gasteiger partial charge >= 0.3 is 0 Å². The van der Waals surface area contributed by atoms with Crippen molar-refractivity contribution in [2.75, 3.05) is 20.1 Å². The Morgan fingerprint density at radius 1 is 1.31 bits per heavy atom. The molecular formula is C21H28N4O. The molecule has 2 aliphatic rings. The molecule has 5 nitrogen and oxygen atoms in total. The van der Waals surface area contributed by atoms with Crippen molar-refractivity contribution in [3.05, 3.63) is 53.9 Å². The maximum atomic E-state index is 13.2. The lowest BCUT2D eigenvalue weighted by molar-refractivity contribution is -0.134. The maximum Gasteiger partial charge on any atom is 0.227 e. The Balaban J connectivity index is 1.43. The molecule has 2 saturated heterocycles. The number of fused-ring (bicyclic) bond motifs is 1. The minimum atomic E-state index is 0.126. The van der Waals surface area contributed by atoms with Crippen LogP contribution in [0.5, 0.6) is 0 Å². The molecule has 138 valence electrons. The van der Waals surface area contributed by atoms with E-state index in [0.29, 0.717) is 18.0 Å². The highest BCUT2D eigenvalue weighted by Gasteiger charge is 2.47. The Labute approximate surface area is 155 Å². The summed E-state index contributed by atoms with van der Waals surface area (Å²) < 4.78 is 1.81. The van der Waals surface area contributed by atoms with Crippen molar-refractivity contribution in [1.29, 1.82) is 0 Å². The number of aromatic nitrogens is 2. The van der Waals surface area contributed by atoms with Crippen LogP contribution in [0.1, 0.15) is 36.4 Å². The van der Waals surface area contributed by atoms with Crippen molar-refractivity contribution in [2.24, 2.45) is 13.0 Å². The Bertz CT molecular complexity index is 756. The third-order valence-electron chi connectivity index (χ3n) is 6.06. The van der Waals surface area contributed by atoms with Crippen LogP contribution in [0.15, 0.2) is 42.7 Å². The lowest BCUT2D eigenvalue weighted by Crippen LogP contribution is -2.39. The van der Waals surface area contributed by atoms with E-state index in [1.54, 1.807) is 0 Å². The van der Waals surface area contributed by atoms with Gasteiger partial charge in [0.1, 0.15) is 0 Å². The fourth-order valence-electron chi connectivity index (χ4n) is 4.73. The molecule has 3 atom stereocenters. The minimum Gasteiger partial charge on any atom is -0.345 e. The van der Waals surface area contributed by atoms with Crippen LogP contribution in [0.25, 0.3) is 0 Å². The molecule has 0 N–H and O–H groups in total. The fourth-order valence-corrected chi connectivity index (χ4v) is 4.73. The van der Waals surface area contributed by atoms with E-state index >= 15 is 0 Å². The molecule has 0 spiro atoms. The first-order valence-corrected chi connectivity index (χ1v) is 9.66. The zero-order valence-electron chi connectivity index (χ0n) is 15.7. The quantitative estimate of drug-likeness (QED) is 0.831. The first-order valence-electron chi connectivity index (χ1n) is 9.66. The average Bonchev–Trinajstić information content (AvgIpc) is 3.36. The van der Waals surface area contributed by atoms with Gasteiger partial charge in [0.2, 0.25) is 5.91 Å². The summed E-state index contributed by atoms with van der Waals surface area (Å²) in [5.41, 5.74) is 2.54. The topological polar surface area (TPSA) is 41.4 Å². The molecule has 4 rings (SSSR count). The van der Waals surface area contributed by atoms with Crippen molar-refractivity contribution < 1.29 is 4.79 Å². The molecular weight excluding hydrogens is 324 g/mol. The summed E-state index contributed by atoms with van der Waals surface area (Å²) in [6.45, 7) is 1.87. The Morgan fingerprint density at radius 2 is 2.12 bits per heavy atom. The lowest BCUT2D eigenvalue weighted by Gasteiger charge is -2.26. The summed E-state index contributed by atoms with van der Waals surface area (Å²) in [5, 5.41) is 4.21. The summed E-state index contributed by atoms with van der Waals surface area (Å²) in [7, 11) is 3.88. The van der Waals surface area contributed by atoms with Gasteiger partial charge in [0, 0.05) is 38.9 Å². The highest BCUT2D eigenvalue weighted by Crippen LogP contribution is 2.45. The van der Waals surface area contributed by atoms with E-state index in [0.717, 1.165) is 32.4 Å². The molecule has 3 heterocycles. The van der Waals surface area contributed by atoms with Crippen molar-refractivity contribution in [2.45, 2.75) is 37.8 Å². The van der Waals surface area contributed by atoms with Crippen LogP contribution in [0.2, 0.25) is 0 Å². The van der Waals surface area contributed by atoms with Crippen molar-refractivity contribution in [3.8, 4) is 0 Å². The van der Waals surface area contributed by atoms with Gasteiger partial charge in [0.05, 0.1) is 12.1 Å². The van der Waals surface area contributed by atoms with Gasteiger partial charge in [-0.2, -0.15) is 5.10 Å². The smallest absolute Gasteiger partial charge is 0.227 e. The summed E-state index contributed by atoms with van der Waals surface area (Å²) in [5.74, 6) is 0.436. The van der Waals surface area contributed by atoms with Crippen LogP contribution in [-0.4, -0.2) is 51.7 Å². The largest absolute Gasteiger partial charge is 0.345 e. The molecule has 5 heteroatoms. The molecule has 1 aromatic heterocycles. The lowest BCUT2D eigenvalue weighted by atomic mass is 9.93. The molecule has 0 saturated carbocycles. The second-order valence-corrected chi connectivity index (χ2v) is 7.75. The molecule has 2 fully saturated rings. The predicted molar refractivity (Wildman–Crippen MR) is 102 cm³/mol. The number of hydrogen-bond donors (Lipinski definition) is 0. The first kappa shape index (κ1) is 17.3. The third-order valence-corrected chi connectivity index (χ3v) is 6.06. The first-order chi connectivity index (χ1) is 12.6. The molecule has 0 bridgehead atoms. The van der Waals surface area contributed by atoms with Crippen LogP contribution in [0.3, 0.4) is 0 Å². The summed E-state index contributed by atoms with van der Waals surface area (Å²) >= 11 is 0. The highest BCUT2D eigenvalue weighted by molar-refractivity contribution is 5.80. The molecule has 1 aromatic carbocycles. The van der Waals surface area contributed by atoms with Crippen LogP contribution in [0, 0.1) is 5.92 Å². The summed E-state index contributed by atoms with van der Waals surface area (Å²) in [6.07, 6.45) is 8.08. The molecule has 0 aliphatic carbocycles. The van der Waals surface area contributed by atoms with Crippen LogP contribution >= 0.6 is 0 Å². The van der Waals surface area contributed by atoms with Gasteiger partial charge < -0.3 is 4.90 Å². The monoisotopic (exact) mass is 352 g/mol. The van der Waals surface area contributed by atoms with E-state index in [1.807, 2.05) is 36.1 Å². The maximum absolute atomic E-state index is 13.2. The molecule has 0 unspecified atom stereocenters. The SMILES string of the molecule is CN(CCc1cnn(C)c1)C(=O)[C@H]1C[C@@H](c2ccccc2)N2CCC[C@H]12. The van der Waals surface area contributed by atoms with Crippen LogP contribution < -0.4 is 0 Å². The van der Waals surface area contributed by atoms with Gasteiger partial charge in [-0.1, -0.05) is 30.3 Å². The van der Waals surface area contributed by atoms with E-state index in [2.05, 4.69) is 40.3 Å².